The summed E-state index contributed by atoms with van der Waals surface area (Å²) in [6, 6.07) is -0.942. The Morgan fingerprint density at radius 3 is 2.58 bits per heavy atom. The normalized spacial score (nSPS) is 42.6. The van der Waals surface area contributed by atoms with Gasteiger partial charge in [-0.15, -0.1) is 0 Å². The zero-order valence-corrected chi connectivity index (χ0v) is 6.33. The first-order valence-corrected chi connectivity index (χ1v) is 3.61. The Bertz CT molecular complexity index is 164. The molecule has 1 saturated heterocycles. The summed E-state index contributed by atoms with van der Waals surface area (Å²) in [6.45, 7) is -0.448. The van der Waals surface area contributed by atoms with E-state index >= 15 is 0 Å². The lowest BCUT2D eigenvalue weighted by Gasteiger charge is -2.33. The second kappa shape index (κ2) is 3.90. The van der Waals surface area contributed by atoms with Gasteiger partial charge in [-0.1, -0.05) is 5.18 Å². The molecule has 0 spiro atoms. The molecule has 12 heavy (non-hydrogen) atoms. The Balaban J connectivity index is 2.58. The smallest absolute Gasteiger partial charge is 0.144 e. The van der Waals surface area contributed by atoms with Gasteiger partial charge in [-0.25, -0.2) is 0 Å². The molecule has 4 atom stereocenters. The first-order chi connectivity index (χ1) is 5.70. The van der Waals surface area contributed by atoms with E-state index in [0.717, 1.165) is 0 Å². The van der Waals surface area contributed by atoms with Crippen molar-refractivity contribution >= 4 is 0 Å². The van der Waals surface area contributed by atoms with Gasteiger partial charge in [0.1, 0.15) is 24.4 Å². The first-order valence-electron chi connectivity index (χ1n) is 3.61. The van der Waals surface area contributed by atoms with E-state index in [2.05, 4.69) is 5.18 Å². The zero-order valence-electron chi connectivity index (χ0n) is 6.33. The van der Waals surface area contributed by atoms with E-state index in [9.17, 15) is 15.1 Å². The molecule has 0 aromatic rings. The lowest BCUT2D eigenvalue weighted by atomic mass is 9.99. The lowest BCUT2D eigenvalue weighted by molar-refractivity contribution is -0.155. The fourth-order valence-electron chi connectivity index (χ4n) is 1.12. The fourth-order valence-corrected chi connectivity index (χ4v) is 1.12. The molecule has 0 amide bonds. The summed E-state index contributed by atoms with van der Waals surface area (Å²) in [5.74, 6) is 0. The van der Waals surface area contributed by atoms with Crippen LogP contribution < -0.4 is 0 Å². The average molecular weight is 177 g/mol. The molecule has 6 heteroatoms. The summed E-state index contributed by atoms with van der Waals surface area (Å²) in [4.78, 5) is 10.0. The number of nitroso groups, excluding NO2 is 1. The van der Waals surface area contributed by atoms with Gasteiger partial charge >= 0.3 is 0 Å². The van der Waals surface area contributed by atoms with Crippen molar-refractivity contribution in [2.45, 2.75) is 24.4 Å². The number of hydrogen-bond donors (Lipinski definition) is 3. The molecule has 1 aliphatic heterocycles. The standard InChI is InChI=1S/C6H11NO5/c8-1-4-6(10)5(9)3(7-11)2-12-4/h3-6,8-10H,1-2H2/t3-,4+,5+,6+/m0/s1. The van der Waals surface area contributed by atoms with Crippen LogP contribution in [0.2, 0.25) is 0 Å². The molecule has 6 nitrogen and oxygen atoms in total. The minimum Gasteiger partial charge on any atom is -0.394 e. The maximum atomic E-state index is 10.0. The monoisotopic (exact) mass is 177 g/mol. The summed E-state index contributed by atoms with van der Waals surface area (Å²) >= 11 is 0. The molecule has 0 unspecified atom stereocenters. The van der Waals surface area contributed by atoms with Crippen LogP contribution in [0, 0.1) is 4.91 Å². The number of hydrogen-bond acceptors (Lipinski definition) is 6. The van der Waals surface area contributed by atoms with Crippen molar-refractivity contribution in [3.63, 3.8) is 0 Å². The van der Waals surface area contributed by atoms with Crippen molar-refractivity contribution in [1.29, 1.82) is 0 Å². The molecule has 70 valence electrons. The maximum absolute atomic E-state index is 10.0. The van der Waals surface area contributed by atoms with Crippen molar-refractivity contribution < 1.29 is 20.1 Å². The van der Waals surface area contributed by atoms with Crippen LogP contribution in [-0.2, 0) is 4.74 Å². The molecule has 0 bridgehead atoms. The van der Waals surface area contributed by atoms with E-state index in [4.69, 9.17) is 9.84 Å². The minimum atomic E-state index is -1.24. The quantitative estimate of drug-likeness (QED) is 0.434. The van der Waals surface area contributed by atoms with Crippen LogP contribution in [-0.4, -0.2) is 52.9 Å². The third-order valence-corrected chi connectivity index (χ3v) is 1.92. The summed E-state index contributed by atoms with van der Waals surface area (Å²) in [5.41, 5.74) is 0. The predicted molar refractivity (Wildman–Crippen MR) is 38.4 cm³/mol. The largest absolute Gasteiger partial charge is 0.394 e. The van der Waals surface area contributed by atoms with Gasteiger partial charge in [-0.2, -0.15) is 4.91 Å². The first kappa shape index (κ1) is 9.53. The number of ether oxygens (including phenoxy) is 1. The molecule has 0 aromatic heterocycles. The van der Waals surface area contributed by atoms with Crippen molar-refractivity contribution in [1.82, 2.24) is 0 Å². The van der Waals surface area contributed by atoms with Gasteiger partial charge in [0.05, 0.1) is 13.2 Å². The van der Waals surface area contributed by atoms with E-state index in [-0.39, 0.29) is 13.2 Å². The zero-order chi connectivity index (χ0) is 9.14. The molecule has 0 aromatic carbocycles. The van der Waals surface area contributed by atoms with E-state index in [1.54, 1.807) is 0 Å². The van der Waals surface area contributed by atoms with Crippen molar-refractivity contribution in [2.24, 2.45) is 5.18 Å². The third-order valence-electron chi connectivity index (χ3n) is 1.92. The third kappa shape index (κ3) is 1.61. The summed E-state index contributed by atoms with van der Waals surface area (Å²) in [6.07, 6.45) is -3.31. The summed E-state index contributed by atoms with van der Waals surface area (Å²) < 4.78 is 4.86. The average Bonchev–Trinajstić information content (AvgIpc) is 2.10. The number of aliphatic hydroxyl groups is 3. The van der Waals surface area contributed by atoms with Gasteiger partial charge < -0.3 is 20.1 Å². The summed E-state index contributed by atoms with van der Waals surface area (Å²) in [7, 11) is 0. The van der Waals surface area contributed by atoms with Gasteiger partial charge in [0.15, 0.2) is 0 Å². The van der Waals surface area contributed by atoms with Crippen molar-refractivity contribution in [3.8, 4) is 0 Å². The maximum Gasteiger partial charge on any atom is 0.144 e. The van der Waals surface area contributed by atoms with Gasteiger partial charge in [0.25, 0.3) is 0 Å². The van der Waals surface area contributed by atoms with Crippen LogP contribution in [0.5, 0.6) is 0 Å². The highest BCUT2D eigenvalue weighted by Crippen LogP contribution is 2.17. The second-order valence-electron chi connectivity index (χ2n) is 2.71. The topological polar surface area (TPSA) is 99.4 Å². The highest BCUT2D eigenvalue weighted by atomic mass is 16.5. The summed E-state index contributed by atoms with van der Waals surface area (Å²) in [5, 5.41) is 29.6. The SMILES string of the molecule is O=N[C@H]1CO[C@H](CO)[C@@H](O)[C@@H]1O. The highest BCUT2D eigenvalue weighted by molar-refractivity contribution is 4.90. The molecular formula is C6H11NO5. The predicted octanol–water partition coefficient (Wildman–Crippen LogP) is -1.77. The molecule has 0 radical (unpaired) electrons. The van der Waals surface area contributed by atoms with Gasteiger partial charge in [0, 0.05) is 0 Å². The Hall–Kier alpha value is -0.560. The molecule has 3 N–H and O–H groups in total. The minimum absolute atomic E-state index is 0.0625. The molecule has 1 aliphatic rings. The van der Waals surface area contributed by atoms with Gasteiger partial charge in [0.2, 0.25) is 0 Å². The molecule has 1 heterocycles. The van der Waals surface area contributed by atoms with Gasteiger partial charge in [-0.05, 0) is 0 Å². The van der Waals surface area contributed by atoms with Crippen LogP contribution >= 0.6 is 0 Å². The Labute approximate surface area is 68.7 Å². The number of aliphatic hydroxyl groups excluding tert-OH is 3. The van der Waals surface area contributed by atoms with Crippen LogP contribution in [0.4, 0.5) is 0 Å². The molecule has 1 rings (SSSR count). The molecule has 0 aliphatic carbocycles. The van der Waals surface area contributed by atoms with Crippen LogP contribution in [0.3, 0.4) is 0 Å². The Morgan fingerprint density at radius 2 is 2.08 bits per heavy atom. The van der Waals surface area contributed by atoms with Crippen LogP contribution in [0.1, 0.15) is 0 Å². The Kier molecular flexibility index (Phi) is 3.10. The van der Waals surface area contributed by atoms with E-state index in [1.165, 1.54) is 0 Å². The van der Waals surface area contributed by atoms with E-state index < -0.39 is 24.4 Å². The van der Waals surface area contributed by atoms with Crippen molar-refractivity contribution in [2.75, 3.05) is 13.2 Å². The second-order valence-corrected chi connectivity index (χ2v) is 2.71. The highest BCUT2D eigenvalue weighted by Gasteiger charge is 2.38. The Morgan fingerprint density at radius 1 is 1.42 bits per heavy atom. The van der Waals surface area contributed by atoms with Crippen LogP contribution in [0.25, 0.3) is 0 Å². The molecular weight excluding hydrogens is 166 g/mol. The molecule has 0 saturated carbocycles. The lowest BCUT2D eigenvalue weighted by Crippen LogP contribution is -2.53. The van der Waals surface area contributed by atoms with Crippen molar-refractivity contribution in [3.05, 3.63) is 4.91 Å². The number of nitrogens with zero attached hydrogens (tertiary/aromatic N) is 1. The fraction of sp³-hybridized carbons (Fsp3) is 1.00. The van der Waals surface area contributed by atoms with E-state index in [0.29, 0.717) is 0 Å². The number of rotatable bonds is 2. The van der Waals surface area contributed by atoms with Crippen LogP contribution in [0.15, 0.2) is 5.18 Å². The molecule has 1 fully saturated rings. The van der Waals surface area contributed by atoms with E-state index in [1.807, 2.05) is 0 Å². The van der Waals surface area contributed by atoms with Gasteiger partial charge in [-0.3, -0.25) is 0 Å².